The number of aliphatic hydroxyl groups excluding tert-OH is 1. The van der Waals surface area contributed by atoms with Crippen LogP contribution in [0, 0.1) is 0 Å². The zero-order chi connectivity index (χ0) is 13.2. The number of rotatable bonds is 5. The molecule has 1 heterocycles. The van der Waals surface area contributed by atoms with E-state index in [1.165, 1.54) is 5.56 Å². The number of benzene rings is 1. The van der Waals surface area contributed by atoms with E-state index in [2.05, 4.69) is 25.2 Å². The Labute approximate surface area is 108 Å². The Balaban J connectivity index is 2.05. The number of hydrogen-bond donors (Lipinski definition) is 2. The van der Waals surface area contributed by atoms with Gasteiger partial charge < -0.3 is 19.9 Å². The molecule has 2 rings (SSSR count). The number of fused-ring (bicyclic) bond motifs is 1. The Morgan fingerprint density at radius 3 is 3.00 bits per heavy atom. The van der Waals surface area contributed by atoms with Gasteiger partial charge in [-0.15, -0.1) is 0 Å². The molecule has 100 valence electrons. The first kappa shape index (κ1) is 13.2. The van der Waals surface area contributed by atoms with E-state index in [4.69, 9.17) is 9.47 Å². The fraction of sp³-hybridized carbons (Fsp3) is 0.571. The lowest BCUT2D eigenvalue weighted by molar-refractivity contribution is 0.0986. The van der Waals surface area contributed by atoms with E-state index in [1.807, 2.05) is 12.1 Å². The molecule has 0 amide bonds. The topological polar surface area (TPSA) is 50.7 Å². The fourth-order valence-electron chi connectivity index (χ4n) is 2.18. The molecule has 0 saturated heterocycles. The normalized spacial score (nSPS) is 18.0. The van der Waals surface area contributed by atoms with Crippen molar-refractivity contribution in [3.63, 3.8) is 0 Å². The Morgan fingerprint density at radius 2 is 2.28 bits per heavy atom. The molecule has 0 spiro atoms. The van der Waals surface area contributed by atoms with E-state index >= 15 is 0 Å². The summed E-state index contributed by atoms with van der Waals surface area (Å²) in [5, 5.41) is 12.5. The van der Waals surface area contributed by atoms with Crippen molar-refractivity contribution in [2.75, 3.05) is 20.2 Å². The van der Waals surface area contributed by atoms with Crippen LogP contribution in [-0.4, -0.2) is 37.0 Å². The van der Waals surface area contributed by atoms with Gasteiger partial charge in [0.1, 0.15) is 18.3 Å². The molecule has 1 aliphatic heterocycles. The first-order valence-corrected chi connectivity index (χ1v) is 6.28. The first-order valence-electron chi connectivity index (χ1n) is 6.28. The number of likely N-dealkylation sites (N-methyl/N-ethyl adjacent to an activating group) is 1. The number of aliphatic hydroxyl groups is 1. The summed E-state index contributed by atoms with van der Waals surface area (Å²) in [5.74, 6) is 1.53. The zero-order valence-electron chi connectivity index (χ0n) is 11.2. The van der Waals surface area contributed by atoms with Crippen LogP contribution in [0.2, 0.25) is 0 Å². The largest absolute Gasteiger partial charge is 0.487 e. The van der Waals surface area contributed by atoms with Crippen LogP contribution in [0.1, 0.15) is 19.4 Å². The smallest absolute Gasteiger partial charge is 0.165 e. The van der Waals surface area contributed by atoms with Crippen molar-refractivity contribution in [2.45, 2.75) is 32.0 Å². The molecule has 4 heteroatoms. The van der Waals surface area contributed by atoms with Crippen LogP contribution >= 0.6 is 0 Å². The molecule has 18 heavy (non-hydrogen) atoms. The standard InChI is InChI=1S/C14H21NO3/c1-14(2)7-10-5-4-6-12(13(10)18-14)17-9-11(16)8-15-3/h4-6,11,15-16H,7-9H2,1-3H3. The van der Waals surface area contributed by atoms with Gasteiger partial charge in [0.05, 0.1) is 0 Å². The number of nitrogens with one attached hydrogen (secondary N) is 1. The summed E-state index contributed by atoms with van der Waals surface area (Å²) >= 11 is 0. The molecule has 1 aliphatic rings. The maximum atomic E-state index is 9.63. The third kappa shape index (κ3) is 2.94. The third-order valence-electron chi connectivity index (χ3n) is 2.93. The fourth-order valence-corrected chi connectivity index (χ4v) is 2.18. The molecule has 2 N–H and O–H groups in total. The molecule has 1 atom stereocenters. The molecule has 0 aliphatic carbocycles. The van der Waals surface area contributed by atoms with Crippen molar-refractivity contribution in [3.05, 3.63) is 23.8 Å². The zero-order valence-corrected chi connectivity index (χ0v) is 11.2. The lowest BCUT2D eigenvalue weighted by atomic mass is 10.0. The molecular weight excluding hydrogens is 230 g/mol. The van der Waals surface area contributed by atoms with Crippen LogP contribution in [0.3, 0.4) is 0 Å². The average molecular weight is 251 g/mol. The van der Waals surface area contributed by atoms with E-state index in [0.717, 1.165) is 12.2 Å². The highest BCUT2D eigenvalue weighted by Gasteiger charge is 2.32. The van der Waals surface area contributed by atoms with Crippen LogP contribution in [-0.2, 0) is 6.42 Å². The Bertz CT molecular complexity index is 418. The summed E-state index contributed by atoms with van der Waals surface area (Å²) in [7, 11) is 1.80. The number of para-hydroxylation sites is 1. The van der Waals surface area contributed by atoms with E-state index in [-0.39, 0.29) is 12.2 Å². The number of hydrogen-bond acceptors (Lipinski definition) is 4. The molecular formula is C14H21NO3. The maximum Gasteiger partial charge on any atom is 0.165 e. The van der Waals surface area contributed by atoms with Crippen molar-refractivity contribution in [1.82, 2.24) is 5.32 Å². The highest BCUT2D eigenvalue weighted by atomic mass is 16.5. The second kappa shape index (κ2) is 5.16. The van der Waals surface area contributed by atoms with Crippen LogP contribution in [0.5, 0.6) is 11.5 Å². The lowest BCUT2D eigenvalue weighted by Crippen LogP contribution is -2.29. The highest BCUT2D eigenvalue weighted by Crippen LogP contribution is 2.41. The van der Waals surface area contributed by atoms with E-state index < -0.39 is 6.10 Å². The molecule has 0 aromatic heterocycles. The molecule has 4 nitrogen and oxygen atoms in total. The summed E-state index contributed by atoms with van der Waals surface area (Å²) in [4.78, 5) is 0. The van der Waals surface area contributed by atoms with Gasteiger partial charge >= 0.3 is 0 Å². The minimum atomic E-state index is -0.514. The van der Waals surface area contributed by atoms with Gasteiger partial charge in [-0.1, -0.05) is 12.1 Å². The van der Waals surface area contributed by atoms with Crippen molar-refractivity contribution >= 4 is 0 Å². The predicted molar refractivity (Wildman–Crippen MR) is 70.3 cm³/mol. The quantitative estimate of drug-likeness (QED) is 0.829. The molecule has 0 fully saturated rings. The second-order valence-electron chi connectivity index (χ2n) is 5.31. The van der Waals surface area contributed by atoms with E-state index in [9.17, 15) is 5.11 Å². The van der Waals surface area contributed by atoms with Crippen LogP contribution in [0.15, 0.2) is 18.2 Å². The predicted octanol–water partition coefficient (Wildman–Crippen LogP) is 1.36. The van der Waals surface area contributed by atoms with Gasteiger partial charge in [-0.25, -0.2) is 0 Å². The van der Waals surface area contributed by atoms with Gasteiger partial charge in [0, 0.05) is 18.5 Å². The number of ether oxygens (including phenoxy) is 2. The van der Waals surface area contributed by atoms with Gasteiger partial charge in [0.2, 0.25) is 0 Å². The Hall–Kier alpha value is -1.26. The minimum absolute atomic E-state index is 0.175. The summed E-state index contributed by atoms with van der Waals surface area (Å²) < 4.78 is 11.5. The van der Waals surface area contributed by atoms with E-state index in [0.29, 0.717) is 12.3 Å². The van der Waals surface area contributed by atoms with Crippen molar-refractivity contribution in [2.24, 2.45) is 0 Å². The summed E-state index contributed by atoms with van der Waals surface area (Å²) in [6.45, 7) is 4.90. The van der Waals surface area contributed by atoms with Crippen LogP contribution in [0.25, 0.3) is 0 Å². The highest BCUT2D eigenvalue weighted by molar-refractivity contribution is 5.50. The van der Waals surface area contributed by atoms with Crippen LogP contribution < -0.4 is 14.8 Å². The second-order valence-corrected chi connectivity index (χ2v) is 5.31. The average Bonchev–Trinajstić information content (AvgIpc) is 2.61. The van der Waals surface area contributed by atoms with Crippen molar-refractivity contribution < 1.29 is 14.6 Å². The molecule has 1 unspecified atom stereocenters. The lowest BCUT2D eigenvalue weighted by Gasteiger charge is -2.19. The first-order chi connectivity index (χ1) is 8.52. The van der Waals surface area contributed by atoms with Gasteiger partial charge in [0.25, 0.3) is 0 Å². The summed E-state index contributed by atoms with van der Waals surface area (Å²) in [5.41, 5.74) is 0.992. The molecule has 0 radical (unpaired) electrons. The van der Waals surface area contributed by atoms with Crippen molar-refractivity contribution in [1.29, 1.82) is 0 Å². The Morgan fingerprint density at radius 1 is 1.50 bits per heavy atom. The van der Waals surface area contributed by atoms with E-state index in [1.54, 1.807) is 7.05 Å². The summed E-state index contributed by atoms with van der Waals surface area (Å²) in [6.07, 6.45) is 0.374. The minimum Gasteiger partial charge on any atom is -0.487 e. The molecule has 0 bridgehead atoms. The SMILES string of the molecule is CNCC(O)COc1cccc2c1OC(C)(C)C2. The van der Waals surface area contributed by atoms with Gasteiger partial charge in [-0.3, -0.25) is 0 Å². The summed E-state index contributed by atoms with van der Waals surface area (Å²) in [6, 6.07) is 5.90. The molecule has 0 saturated carbocycles. The van der Waals surface area contributed by atoms with Gasteiger partial charge in [0.15, 0.2) is 11.5 Å². The van der Waals surface area contributed by atoms with Crippen LogP contribution in [0.4, 0.5) is 0 Å². The molecule has 1 aromatic carbocycles. The van der Waals surface area contributed by atoms with Gasteiger partial charge in [-0.2, -0.15) is 0 Å². The monoisotopic (exact) mass is 251 g/mol. The van der Waals surface area contributed by atoms with Gasteiger partial charge in [-0.05, 0) is 27.0 Å². The van der Waals surface area contributed by atoms with Crippen molar-refractivity contribution in [3.8, 4) is 11.5 Å². The Kier molecular flexibility index (Phi) is 3.78. The molecule has 1 aromatic rings. The third-order valence-corrected chi connectivity index (χ3v) is 2.93. The maximum absolute atomic E-state index is 9.63.